The van der Waals surface area contributed by atoms with E-state index in [-0.39, 0.29) is 11.7 Å². The Morgan fingerprint density at radius 2 is 1.95 bits per heavy atom. The van der Waals surface area contributed by atoms with Gasteiger partial charge >= 0.3 is 0 Å². The van der Waals surface area contributed by atoms with E-state index in [1.165, 1.54) is 6.07 Å². The first-order valence-electron chi connectivity index (χ1n) is 6.90. The molecule has 0 saturated carbocycles. The molecule has 2 aromatic carbocycles. The number of rotatable bonds is 6. The van der Waals surface area contributed by atoms with Crippen molar-refractivity contribution in [2.24, 2.45) is 0 Å². The van der Waals surface area contributed by atoms with Gasteiger partial charge in [-0.05, 0) is 42.3 Å². The van der Waals surface area contributed by atoms with Gasteiger partial charge in [-0.15, -0.1) is 0 Å². The number of hydrogen-bond donors (Lipinski definition) is 1. The Bertz CT molecular complexity index is 556. The lowest BCUT2D eigenvalue weighted by molar-refractivity contribution is 0.562. The Kier molecular flexibility index (Phi) is 5.57. The second-order valence-corrected chi connectivity index (χ2v) is 5.29. The fraction of sp³-hybridized carbons (Fsp3) is 0.294. The molecule has 1 N–H and O–H groups in total. The van der Waals surface area contributed by atoms with Crippen LogP contribution in [0.15, 0.2) is 48.5 Å². The smallest absolute Gasteiger partial charge is 0.126 e. The molecule has 0 radical (unpaired) electrons. The molecule has 106 valence electrons. The first-order valence-corrected chi connectivity index (χ1v) is 7.28. The third-order valence-electron chi connectivity index (χ3n) is 3.38. The van der Waals surface area contributed by atoms with E-state index in [4.69, 9.17) is 11.6 Å². The summed E-state index contributed by atoms with van der Waals surface area (Å²) in [5.74, 6) is 0.0709. The largest absolute Gasteiger partial charge is 0.316 e. The monoisotopic (exact) mass is 291 g/mol. The first-order chi connectivity index (χ1) is 9.70. The van der Waals surface area contributed by atoms with E-state index < -0.39 is 0 Å². The normalized spacial score (nSPS) is 12.3. The highest BCUT2D eigenvalue weighted by molar-refractivity contribution is 6.30. The summed E-state index contributed by atoms with van der Waals surface area (Å²) in [5.41, 5.74) is 1.89. The minimum Gasteiger partial charge on any atom is -0.316 e. The Morgan fingerprint density at radius 1 is 1.15 bits per heavy atom. The summed E-state index contributed by atoms with van der Waals surface area (Å²) in [4.78, 5) is 0. The fourth-order valence-corrected chi connectivity index (χ4v) is 2.52. The molecule has 0 bridgehead atoms. The van der Waals surface area contributed by atoms with Crippen LogP contribution in [0, 0.1) is 5.82 Å². The lowest BCUT2D eigenvalue weighted by Gasteiger charge is -2.18. The second kappa shape index (κ2) is 7.41. The third kappa shape index (κ3) is 4.06. The van der Waals surface area contributed by atoms with Crippen molar-refractivity contribution in [1.29, 1.82) is 0 Å². The van der Waals surface area contributed by atoms with Crippen LogP contribution in [-0.4, -0.2) is 13.1 Å². The summed E-state index contributed by atoms with van der Waals surface area (Å²) in [6.45, 7) is 3.78. The van der Waals surface area contributed by atoms with Gasteiger partial charge in [-0.1, -0.05) is 48.9 Å². The summed E-state index contributed by atoms with van der Waals surface area (Å²) < 4.78 is 13.8. The SMILES string of the molecule is CCNCC(Cc1ccccc1F)c1cccc(Cl)c1. The van der Waals surface area contributed by atoms with E-state index in [1.54, 1.807) is 6.07 Å². The quantitative estimate of drug-likeness (QED) is 0.831. The number of hydrogen-bond acceptors (Lipinski definition) is 1. The van der Waals surface area contributed by atoms with E-state index in [1.807, 2.05) is 30.3 Å². The zero-order valence-electron chi connectivity index (χ0n) is 11.6. The van der Waals surface area contributed by atoms with Crippen molar-refractivity contribution < 1.29 is 4.39 Å². The molecule has 0 fully saturated rings. The molecule has 0 spiro atoms. The van der Waals surface area contributed by atoms with Crippen molar-refractivity contribution in [2.75, 3.05) is 13.1 Å². The molecule has 2 rings (SSSR count). The van der Waals surface area contributed by atoms with Crippen LogP contribution in [0.1, 0.15) is 24.0 Å². The predicted molar refractivity (Wildman–Crippen MR) is 82.8 cm³/mol. The molecule has 0 heterocycles. The second-order valence-electron chi connectivity index (χ2n) is 4.86. The van der Waals surface area contributed by atoms with Gasteiger partial charge in [-0.25, -0.2) is 4.39 Å². The molecular weight excluding hydrogens is 273 g/mol. The average molecular weight is 292 g/mol. The van der Waals surface area contributed by atoms with Crippen molar-refractivity contribution in [3.05, 3.63) is 70.5 Å². The van der Waals surface area contributed by atoms with Crippen molar-refractivity contribution in [3.63, 3.8) is 0 Å². The van der Waals surface area contributed by atoms with Crippen LogP contribution in [-0.2, 0) is 6.42 Å². The zero-order valence-corrected chi connectivity index (χ0v) is 12.3. The predicted octanol–water partition coefficient (Wildman–Crippen LogP) is 4.41. The molecule has 0 amide bonds. The van der Waals surface area contributed by atoms with Gasteiger partial charge < -0.3 is 5.32 Å². The van der Waals surface area contributed by atoms with Gasteiger partial charge in [0.25, 0.3) is 0 Å². The maximum absolute atomic E-state index is 13.8. The summed E-state index contributed by atoms with van der Waals surface area (Å²) >= 11 is 6.06. The standard InChI is InChI=1S/C17H19ClFN/c1-2-20-12-15(13-7-5-8-16(18)11-13)10-14-6-3-4-9-17(14)19/h3-9,11,15,20H,2,10,12H2,1H3. The minimum atomic E-state index is -0.143. The number of halogens is 2. The molecule has 2 aromatic rings. The molecular formula is C17H19ClFN. The lowest BCUT2D eigenvalue weighted by atomic mass is 9.91. The van der Waals surface area contributed by atoms with Crippen molar-refractivity contribution >= 4 is 11.6 Å². The maximum Gasteiger partial charge on any atom is 0.126 e. The Hall–Kier alpha value is -1.38. The van der Waals surface area contributed by atoms with Crippen LogP contribution in [0.3, 0.4) is 0 Å². The highest BCUT2D eigenvalue weighted by Crippen LogP contribution is 2.24. The zero-order chi connectivity index (χ0) is 14.4. The molecule has 1 nitrogen and oxygen atoms in total. The molecule has 1 unspecified atom stereocenters. The summed E-state index contributed by atoms with van der Waals surface area (Å²) in [7, 11) is 0. The van der Waals surface area contributed by atoms with Gasteiger partial charge in [0.15, 0.2) is 0 Å². The number of nitrogens with one attached hydrogen (secondary N) is 1. The number of likely N-dealkylation sites (N-methyl/N-ethyl adjacent to an activating group) is 1. The topological polar surface area (TPSA) is 12.0 Å². The van der Waals surface area contributed by atoms with Gasteiger partial charge in [0.05, 0.1) is 0 Å². The van der Waals surface area contributed by atoms with Gasteiger partial charge in [-0.3, -0.25) is 0 Å². The molecule has 0 aliphatic rings. The fourth-order valence-electron chi connectivity index (χ4n) is 2.32. The lowest BCUT2D eigenvalue weighted by Crippen LogP contribution is -2.23. The van der Waals surface area contributed by atoms with E-state index in [9.17, 15) is 4.39 Å². The summed E-state index contributed by atoms with van der Waals surface area (Å²) in [6.07, 6.45) is 0.667. The molecule has 20 heavy (non-hydrogen) atoms. The Balaban J connectivity index is 2.21. The highest BCUT2D eigenvalue weighted by Gasteiger charge is 2.14. The van der Waals surface area contributed by atoms with Crippen LogP contribution in [0.4, 0.5) is 4.39 Å². The van der Waals surface area contributed by atoms with Crippen LogP contribution in [0.5, 0.6) is 0 Å². The van der Waals surface area contributed by atoms with Crippen molar-refractivity contribution in [3.8, 4) is 0 Å². The molecule has 0 aliphatic carbocycles. The van der Waals surface area contributed by atoms with Crippen LogP contribution < -0.4 is 5.32 Å². The van der Waals surface area contributed by atoms with Gasteiger partial charge in [0.2, 0.25) is 0 Å². The third-order valence-corrected chi connectivity index (χ3v) is 3.62. The van der Waals surface area contributed by atoms with Gasteiger partial charge in [0, 0.05) is 17.5 Å². The highest BCUT2D eigenvalue weighted by atomic mass is 35.5. The van der Waals surface area contributed by atoms with E-state index in [0.717, 1.165) is 29.2 Å². The first kappa shape index (κ1) is 15.0. The van der Waals surface area contributed by atoms with E-state index in [2.05, 4.69) is 18.3 Å². The van der Waals surface area contributed by atoms with Crippen molar-refractivity contribution in [2.45, 2.75) is 19.3 Å². The van der Waals surface area contributed by atoms with E-state index in [0.29, 0.717) is 6.42 Å². The average Bonchev–Trinajstić information content (AvgIpc) is 2.45. The molecule has 0 aromatic heterocycles. The van der Waals surface area contributed by atoms with Gasteiger partial charge in [0.1, 0.15) is 5.82 Å². The molecule has 3 heteroatoms. The Labute approximate surface area is 124 Å². The summed E-state index contributed by atoms with van der Waals surface area (Å²) in [5, 5.41) is 4.06. The molecule has 1 atom stereocenters. The van der Waals surface area contributed by atoms with E-state index >= 15 is 0 Å². The molecule has 0 saturated heterocycles. The van der Waals surface area contributed by atoms with Crippen LogP contribution in [0.2, 0.25) is 5.02 Å². The summed E-state index contributed by atoms with van der Waals surface area (Å²) in [6, 6.07) is 14.8. The van der Waals surface area contributed by atoms with Gasteiger partial charge in [-0.2, -0.15) is 0 Å². The van der Waals surface area contributed by atoms with Crippen LogP contribution in [0.25, 0.3) is 0 Å². The minimum absolute atomic E-state index is 0.143. The number of benzene rings is 2. The molecule has 0 aliphatic heterocycles. The maximum atomic E-state index is 13.8. The van der Waals surface area contributed by atoms with Crippen LogP contribution >= 0.6 is 11.6 Å². The Morgan fingerprint density at radius 3 is 2.65 bits per heavy atom. The van der Waals surface area contributed by atoms with Crippen molar-refractivity contribution in [1.82, 2.24) is 5.32 Å².